The standard InChI is InChI=1S/C20H24N4O4/c1-20(2)8-11(21)9-23(10-20)12-3-4-13-14(7-12)19(28)24(18(13)27)15-5-6-16(25)22-17(15)26/h3-4,7,11,15H,5-6,8-10,21H2,1-2H3,(H,22,25,26). The predicted octanol–water partition coefficient (Wildman–Crippen LogP) is 0.651. The molecule has 0 saturated carbocycles. The monoisotopic (exact) mass is 384 g/mol. The number of amides is 4. The third-order valence-electron chi connectivity index (χ3n) is 5.68. The van der Waals surface area contributed by atoms with Crippen LogP contribution in [0.4, 0.5) is 5.69 Å². The van der Waals surface area contributed by atoms with Gasteiger partial charge in [0.05, 0.1) is 11.1 Å². The third kappa shape index (κ3) is 3.07. The summed E-state index contributed by atoms with van der Waals surface area (Å²) in [4.78, 5) is 52.4. The molecule has 28 heavy (non-hydrogen) atoms. The van der Waals surface area contributed by atoms with E-state index < -0.39 is 23.8 Å². The molecule has 3 N–H and O–H groups in total. The molecule has 8 heteroatoms. The maximum atomic E-state index is 13.0. The highest BCUT2D eigenvalue weighted by atomic mass is 16.2. The van der Waals surface area contributed by atoms with Crippen LogP contribution in [0, 0.1) is 5.41 Å². The van der Waals surface area contributed by atoms with Crippen LogP contribution >= 0.6 is 0 Å². The highest BCUT2D eigenvalue weighted by Gasteiger charge is 2.45. The van der Waals surface area contributed by atoms with Crippen LogP contribution < -0.4 is 16.0 Å². The minimum absolute atomic E-state index is 0.0364. The quantitative estimate of drug-likeness (QED) is 0.724. The van der Waals surface area contributed by atoms with Gasteiger partial charge in [-0.05, 0) is 36.5 Å². The molecule has 1 aromatic carbocycles. The zero-order valence-corrected chi connectivity index (χ0v) is 16.0. The van der Waals surface area contributed by atoms with Crippen molar-refractivity contribution in [3.8, 4) is 0 Å². The molecule has 8 nitrogen and oxygen atoms in total. The van der Waals surface area contributed by atoms with Crippen LogP contribution in [0.3, 0.4) is 0 Å². The van der Waals surface area contributed by atoms with Gasteiger partial charge in [0, 0.05) is 31.2 Å². The first-order valence-electron chi connectivity index (χ1n) is 9.52. The number of nitrogens with two attached hydrogens (primary N) is 1. The lowest BCUT2D eigenvalue weighted by Crippen LogP contribution is -2.54. The average molecular weight is 384 g/mol. The summed E-state index contributed by atoms with van der Waals surface area (Å²) in [5.74, 6) is -1.97. The summed E-state index contributed by atoms with van der Waals surface area (Å²) >= 11 is 0. The molecule has 2 saturated heterocycles. The first-order chi connectivity index (χ1) is 13.2. The fourth-order valence-electron chi connectivity index (χ4n) is 4.56. The Labute approximate surface area is 163 Å². The summed E-state index contributed by atoms with van der Waals surface area (Å²) < 4.78 is 0. The Bertz CT molecular complexity index is 894. The molecular weight excluding hydrogens is 360 g/mol. The van der Waals surface area contributed by atoms with Crippen molar-refractivity contribution >= 4 is 29.3 Å². The molecule has 0 radical (unpaired) electrons. The van der Waals surface area contributed by atoms with Crippen LogP contribution in [-0.2, 0) is 9.59 Å². The Morgan fingerprint density at radius 1 is 1.11 bits per heavy atom. The smallest absolute Gasteiger partial charge is 0.262 e. The minimum Gasteiger partial charge on any atom is -0.369 e. The molecule has 0 aromatic heterocycles. The fraction of sp³-hybridized carbons (Fsp3) is 0.500. The minimum atomic E-state index is -0.948. The van der Waals surface area contributed by atoms with Crippen LogP contribution in [-0.4, -0.2) is 53.7 Å². The topological polar surface area (TPSA) is 113 Å². The van der Waals surface area contributed by atoms with Gasteiger partial charge in [0.1, 0.15) is 6.04 Å². The zero-order chi connectivity index (χ0) is 20.2. The van der Waals surface area contributed by atoms with Crippen LogP contribution in [0.2, 0.25) is 0 Å². The number of carbonyl (C=O) groups excluding carboxylic acids is 4. The maximum absolute atomic E-state index is 13.0. The molecule has 0 bridgehead atoms. The fourth-order valence-corrected chi connectivity index (χ4v) is 4.56. The third-order valence-corrected chi connectivity index (χ3v) is 5.68. The van der Waals surface area contributed by atoms with Crippen molar-refractivity contribution in [2.24, 2.45) is 11.1 Å². The molecule has 148 valence electrons. The molecule has 3 aliphatic heterocycles. The van der Waals surface area contributed by atoms with Crippen molar-refractivity contribution in [1.29, 1.82) is 0 Å². The molecule has 4 rings (SSSR count). The molecule has 4 amide bonds. The number of benzene rings is 1. The van der Waals surface area contributed by atoms with Gasteiger partial charge in [0.25, 0.3) is 11.8 Å². The van der Waals surface area contributed by atoms with E-state index in [1.54, 1.807) is 12.1 Å². The second-order valence-corrected chi connectivity index (χ2v) is 8.69. The highest BCUT2D eigenvalue weighted by molar-refractivity contribution is 6.23. The van der Waals surface area contributed by atoms with Crippen molar-refractivity contribution < 1.29 is 19.2 Å². The van der Waals surface area contributed by atoms with Crippen LogP contribution in [0.25, 0.3) is 0 Å². The molecule has 0 aliphatic carbocycles. The highest BCUT2D eigenvalue weighted by Crippen LogP contribution is 2.34. The Morgan fingerprint density at radius 3 is 2.50 bits per heavy atom. The summed E-state index contributed by atoms with van der Waals surface area (Å²) in [7, 11) is 0. The number of hydrogen-bond donors (Lipinski definition) is 2. The van der Waals surface area contributed by atoms with Crippen molar-refractivity contribution in [3.05, 3.63) is 29.3 Å². The van der Waals surface area contributed by atoms with E-state index in [1.807, 2.05) is 6.07 Å². The molecule has 0 spiro atoms. The van der Waals surface area contributed by atoms with Gasteiger partial charge in [-0.25, -0.2) is 0 Å². The Hall–Kier alpha value is -2.74. The van der Waals surface area contributed by atoms with E-state index in [4.69, 9.17) is 5.73 Å². The second kappa shape index (κ2) is 6.41. The predicted molar refractivity (Wildman–Crippen MR) is 102 cm³/mol. The van der Waals surface area contributed by atoms with E-state index in [-0.39, 0.29) is 30.2 Å². The number of nitrogens with one attached hydrogen (secondary N) is 1. The summed E-state index contributed by atoms with van der Waals surface area (Å²) in [5, 5.41) is 2.20. The van der Waals surface area contributed by atoms with E-state index in [0.29, 0.717) is 17.7 Å². The Kier molecular flexibility index (Phi) is 4.26. The molecule has 1 aromatic rings. The van der Waals surface area contributed by atoms with Crippen LogP contribution in [0.1, 0.15) is 53.8 Å². The average Bonchev–Trinajstić information content (AvgIpc) is 2.84. The molecule has 3 aliphatic rings. The maximum Gasteiger partial charge on any atom is 0.262 e. The lowest BCUT2D eigenvalue weighted by molar-refractivity contribution is -0.136. The lowest BCUT2D eigenvalue weighted by atomic mass is 9.81. The number of rotatable bonds is 2. The number of hydrogen-bond acceptors (Lipinski definition) is 6. The van der Waals surface area contributed by atoms with Crippen molar-refractivity contribution in [2.45, 2.75) is 45.2 Å². The van der Waals surface area contributed by atoms with E-state index in [9.17, 15) is 19.2 Å². The van der Waals surface area contributed by atoms with Crippen molar-refractivity contribution in [2.75, 3.05) is 18.0 Å². The van der Waals surface area contributed by atoms with E-state index >= 15 is 0 Å². The largest absolute Gasteiger partial charge is 0.369 e. The van der Waals surface area contributed by atoms with Gasteiger partial charge in [-0.1, -0.05) is 13.8 Å². The zero-order valence-electron chi connectivity index (χ0n) is 16.0. The first kappa shape index (κ1) is 18.6. The molecule has 2 atom stereocenters. The van der Waals surface area contributed by atoms with Crippen LogP contribution in [0.15, 0.2) is 18.2 Å². The SMILES string of the molecule is CC1(C)CC(N)CN(c2ccc3c(c2)C(=O)N(C2CCC(=O)NC2=O)C3=O)C1. The van der Waals surface area contributed by atoms with Crippen LogP contribution in [0.5, 0.6) is 0 Å². The first-order valence-corrected chi connectivity index (χ1v) is 9.52. The van der Waals surface area contributed by atoms with E-state index in [2.05, 4.69) is 24.1 Å². The van der Waals surface area contributed by atoms with E-state index in [0.717, 1.165) is 23.6 Å². The van der Waals surface area contributed by atoms with Crippen molar-refractivity contribution in [1.82, 2.24) is 10.2 Å². The number of anilines is 1. The van der Waals surface area contributed by atoms with Gasteiger partial charge in [0.15, 0.2) is 0 Å². The van der Waals surface area contributed by atoms with Crippen molar-refractivity contribution in [3.63, 3.8) is 0 Å². The number of fused-ring (bicyclic) bond motifs is 1. The number of carbonyl (C=O) groups is 4. The molecule has 3 heterocycles. The lowest BCUT2D eigenvalue weighted by Gasteiger charge is -2.42. The summed E-state index contributed by atoms with van der Waals surface area (Å²) in [6.07, 6.45) is 1.18. The number of imide groups is 2. The molecule has 2 unspecified atom stereocenters. The molecular formula is C20H24N4O4. The van der Waals surface area contributed by atoms with E-state index in [1.165, 1.54) is 0 Å². The summed E-state index contributed by atoms with van der Waals surface area (Å²) in [6.45, 7) is 5.80. The van der Waals surface area contributed by atoms with Gasteiger partial charge < -0.3 is 10.6 Å². The number of piperidine rings is 2. The number of nitrogens with zero attached hydrogens (tertiary/aromatic N) is 2. The Balaban J connectivity index is 1.63. The van der Waals surface area contributed by atoms with Gasteiger partial charge in [-0.2, -0.15) is 0 Å². The molecule has 2 fully saturated rings. The summed E-state index contributed by atoms with van der Waals surface area (Å²) in [5.41, 5.74) is 7.68. The van der Waals surface area contributed by atoms with Gasteiger partial charge >= 0.3 is 0 Å². The Morgan fingerprint density at radius 2 is 1.82 bits per heavy atom. The normalized spacial score (nSPS) is 27.1. The summed E-state index contributed by atoms with van der Waals surface area (Å²) in [6, 6.07) is 4.27. The van der Waals surface area contributed by atoms with Gasteiger partial charge in [0.2, 0.25) is 11.8 Å². The van der Waals surface area contributed by atoms with Gasteiger partial charge in [-0.15, -0.1) is 0 Å². The second-order valence-electron chi connectivity index (χ2n) is 8.69. The van der Waals surface area contributed by atoms with Gasteiger partial charge in [-0.3, -0.25) is 29.4 Å².